The molecule has 1 heterocycles. The number of anilines is 2. The number of nitrogens with zero attached hydrogens (tertiary/aromatic N) is 1. The van der Waals surface area contributed by atoms with Crippen molar-refractivity contribution < 1.29 is 4.74 Å². The van der Waals surface area contributed by atoms with Crippen LogP contribution in [0.15, 0.2) is 12.3 Å². The van der Waals surface area contributed by atoms with Gasteiger partial charge < -0.3 is 15.8 Å². The third-order valence-corrected chi connectivity index (χ3v) is 2.10. The van der Waals surface area contributed by atoms with E-state index in [4.69, 9.17) is 22.1 Å². The molecule has 0 radical (unpaired) electrons. The highest BCUT2D eigenvalue weighted by Gasteiger charge is 2.04. The molecule has 0 aliphatic rings. The summed E-state index contributed by atoms with van der Waals surface area (Å²) in [4.78, 5) is 4.09. The van der Waals surface area contributed by atoms with Crippen LogP contribution in [0.25, 0.3) is 0 Å². The molecule has 0 aromatic carbocycles. The molecule has 0 aliphatic carbocycles. The molecular weight excluding hydrogens is 214 g/mol. The molecule has 5 heteroatoms. The lowest BCUT2D eigenvalue weighted by molar-refractivity contribution is 0.0855. The first-order valence-corrected chi connectivity index (χ1v) is 5.27. The van der Waals surface area contributed by atoms with E-state index in [0.29, 0.717) is 29.7 Å². The molecule has 15 heavy (non-hydrogen) atoms. The monoisotopic (exact) mass is 229 g/mol. The second-order valence-electron chi connectivity index (χ2n) is 3.24. The van der Waals surface area contributed by atoms with E-state index >= 15 is 0 Å². The molecule has 1 atom stereocenters. The van der Waals surface area contributed by atoms with Gasteiger partial charge in [-0.3, -0.25) is 0 Å². The summed E-state index contributed by atoms with van der Waals surface area (Å²) >= 11 is 5.73. The maximum Gasteiger partial charge on any atom is 0.149 e. The SMILES string of the molecule is CCOC(C)CNc1ncc(Cl)cc1N. The summed E-state index contributed by atoms with van der Waals surface area (Å²) in [5.74, 6) is 0.644. The van der Waals surface area contributed by atoms with Gasteiger partial charge >= 0.3 is 0 Å². The number of nitrogens with two attached hydrogens (primary N) is 1. The summed E-state index contributed by atoms with van der Waals surface area (Å²) in [5.41, 5.74) is 6.28. The molecule has 0 saturated carbocycles. The van der Waals surface area contributed by atoms with Crippen molar-refractivity contribution in [2.45, 2.75) is 20.0 Å². The number of aromatic nitrogens is 1. The number of rotatable bonds is 5. The Morgan fingerprint density at radius 1 is 1.67 bits per heavy atom. The zero-order valence-electron chi connectivity index (χ0n) is 8.96. The van der Waals surface area contributed by atoms with E-state index in [1.807, 2.05) is 13.8 Å². The number of nitrogens with one attached hydrogen (secondary N) is 1. The number of nitrogen functional groups attached to an aromatic ring is 1. The summed E-state index contributed by atoms with van der Waals surface area (Å²) in [6.45, 7) is 5.33. The first kappa shape index (κ1) is 12.1. The Morgan fingerprint density at radius 3 is 3.00 bits per heavy atom. The van der Waals surface area contributed by atoms with Crippen molar-refractivity contribution in [2.24, 2.45) is 0 Å². The average Bonchev–Trinajstić information content (AvgIpc) is 2.17. The first-order valence-electron chi connectivity index (χ1n) is 4.90. The number of halogens is 1. The molecule has 1 aromatic heterocycles. The van der Waals surface area contributed by atoms with Crippen LogP contribution >= 0.6 is 11.6 Å². The molecular formula is C10H16ClN3O. The molecule has 0 spiro atoms. The van der Waals surface area contributed by atoms with Gasteiger partial charge in [0.15, 0.2) is 0 Å². The van der Waals surface area contributed by atoms with E-state index in [-0.39, 0.29) is 6.10 Å². The Labute approximate surface area is 94.8 Å². The van der Waals surface area contributed by atoms with E-state index < -0.39 is 0 Å². The van der Waals surface area contributed by atoms with Gasteiger partial charge in [0.05, 0.1) is 16.8 Å². The van der Waals surface area contributed by atoms with Gasteiger partial charge in [-0.05, 0) is 19.9 Å². The lowest BCUT2D eigenvalue weighted by Gasteiger charge is -2.14. The normalized spacial score (nSPS) is 12.5. The Morgan fingerprint density at radius 2 is 2.40 bits per heavy atom. The summed E-state index contributed by atoms with van der Waals surface area (Å²) in [6, 6.07) is 1.67. The zero-order valence-corrected chi connectivity index (χ0v) is 9.71. The summed E-state index contributed by atoms with van der Waals surface area (Å²) in [5, 5.41) is 3.64. The van der Waals surface area contributed by atoms with E-state index in [9.17, 15) is 0 Å². The molecule has 1 rings (SSSR count). The summed E-state index contributed by atoms with van der Waals surface area (Å²) in [7, 11) is 0. The fourth-order valence-electron chi connectivity index (χ4n) is 1.19. The topological polar surface area (TPSA) is 60.2 Å². The van der Waals surface area contributed by atoms with Gasteiger partial charge in [-0.2, -0.15) is 0 Å². The van der Waals surface area contributed by atoms with Crippen LogP contribution in [0.4, 0.5) is 11.5 Å². The summed E-state index contributed by atoms with van der Waals surface area (Å²) < 4.78 is 5.37. The van der Waals surface area contributed by atoms with E-state index in [2.05, 4.69) is 10.3 Å². The van der Waals surface area contributed by atoms with Gasteiger partial charge in [-0.25, -0.2) is 4.98 Å². The molecule has 0 aliphatic heterocycles. The predicted molar refractivity (Wildman–Crippen MR) is 63.2 cm³/mol. The molecule has 0 saturated heterocycles. The third-order valence-electron chi connectivity index (χ3n) is 1.89. The number of ether oxygens (including phenoxy) is 1. The molecule has 0 bridgehead atoms. The van der Waals surface area contributed by atoms with Crippen LogP contribution in [0.1, 0.15) is 13.8 Å². The highest BCUT2D eigenvalue weighted by Crippen LogP contribution is 2.19. The van der Waals surface area contributed by atoms with Crippen LogP contribution in [0.3, 0.4) is 0 Å². The van der Waals surface area contributed by atoms with E-state index in [1.54, 1.807) is 12.3 Å². The molecule has 0 fully saturated rings. The van der Waals surface area contributed by atoms with Crippen molar-refractivity contribution in [3.63, 3.8) is 0 Å². The van der Waals surface area contributed by atoms with E-state index in [0.717, 1.165) is 0 Å². The third kappa shape index (κ3) is 3.93. The van der Waals surface area contributed by atoms with Gasteiger partial charge in [0, 0.05) is 19.3 Å². The minimum atomic E-state index is 0.131. The first-order chi connectivity index (χ1) is 7.13. The Hall–Kier alpha value is -1.00. The number of pyridine rings is 1. The van der Waals surface area contributed by atoms with Crippen molar-refractivity contribution in [1.29, 1.82) is 0 Å². The van der Waals surface area contributed by atoms with Crippen molar-refractivity contribution in [3.8, 4) is 0 Å². The van der Waals surface area contributed by atoms with Crippen LogP contribution in [0.2, 0.25) is 5.02 Å². The average molecular weight is 230 g/mol. The van der Waals surface area contributed by atoms with Gasteiger partial charge in [-0.1, -0.05) is 11.6 Å². The van der Waals surface area contributed by atoms with Crippen molar-refractivity contribution >= 4 is 23.1 Å². The molecule has 1 aromatic rings. The molecule has 4 nitrogen and oxygen atoms in total. The Kier molecular flexibility index (Phi) is 4.65. The second-order valence-corrected chi connectivity index (χ2v) is 3.67. The highest BCUT2D eigenvalue weighted by molar-refractivity contribution is 6.30. The van der Waals surface area contributed by atoms with Crippen LogP contribution in [-0.2, 0) is 4.74 Å². The predicted octanol–water partition coefficient (Wildman–Crippen LogP) is 2.15. The molecule has 0 amide bonds. The van der Waals surface area contributed by atoms with Crippen LogP contribution in [0.5, 0.6) is 0 Å². The second kappa shape index (κ2) is 5.78. The van der Waals surface area contributed by atoms with Crippen molar-refractivity contribution in [2.75, 3.05) is 24.2 Å². The van der Waals surface area contributed by atoms with Crippen molar-refractivity contribution in [3.05, 3.63) is 17.3 Å². The molecule has 3 N–H and O–H groups in total. The van der Waals surface area contributed by atoms with Gasteiger partial charge in [0.1, 0.15) is 5.82 Å². The zero-order chi connectivity index (χ0) is 11.3. The Balaban J connectivity index is 2.50. The molecule has 1 unspecified atom stereocenters. The van der Waals surface area contributed by atoms with Gasteiger partial charge in [0.25, 0.3) is 0 Å². The molecule has 84 valence electrons. The maximum atomic E-state index is 5.73. The number of hydrogen-bond donors (Lipinski definition) is 2. The van der Waals surface area contributed by atoms with Crippen molar-refractivity contribution in [1.82, 2.24) is 4.98 Å². The fraction of sp³-hybridized carbons (Fsp3) is 0.500. The Bertz CT molecular complexity index is 320. The maximum absolute atomic E-state index is 5.73. The smallest absolute Gasteiger partial charge is 0.149 e. The highest BCUT2D eigenvalue weighted by atomic mass is 35.5. The van der Waals surface area contributed by atoms with E-state index in [1.165, 1.54) is 0 Å². The standard InChI is InChI=1S/C10H16ClN3O/c1-3-15-7(2)5-13-10-9(12)4-8(11)6-14-10/h4,6-7H,3,5,12H2,1-2H3,(H,13,14). The summed E-state index contributed by atoms with van der Waals surface area (Å²) in [6.07, 6.45) is 1.69. The quantitative estimate of drug-likeness (QED) is 0.812. The minimum absolute atomic E-state index is 0.131. The lowest BCUT2D eigenvalue weighted by Crippen LogP contribution is -2.20. The van der Waals surface area contributed by atoms with Gasteiger partial charge in [-0.15, -0.1) is 0 Å². The van der Waals surface area contributed by atoms with Gasteiger partial charge in [0.2, 0.25) is 0 Å². The van der Waals surface area contributed by atoms with Crippen LogP contribution < -0.4 is 11.1 Å². The van der Waals surface area contributed by atoms with Crippen LogP contribution in [-0.4, -0.2) is 24.2 Å². The van der Waals surface area contributed by atoms with Crippen LogP contribution in [0, 0.1) is 0 Å². The largest absolute Gasteiger partial charge is 0.396 e. The minimum Gasteiger partial charge on any atom is -0.396 e. The fourth-order valence-corrected chi connectivity index (χ4v) is 1.35. The lowest BCUT2D eigenvalue weighted by atomic mass is 10.3. The number of hydrogen-bond acceptors (Lipinski definition) is 4.